The second kappa shape index (κ2) is 11.1. The average molecular weight is 367 g/mol. The van der Waals surface area contributed by atoms with Crippen molar-refractivity contribution in [2.24, 2.45) is 0 Å². The Kier molecular flexibility index (Phi) is 8.69. The molecule has 6 heteroatoms. The lowest BCUT2D eigenvalue weighted by molar-refractivity contribution is 0.292. The Hall–Kier alpha value is -1.66. The fraction of sp³-hybridized carbons (Fsp3) is 0.368. The van der Waals surface area contributed by atoms with Crippen molar-refractivity contribution in [1.29, 1.82) is 0 Å². The van der Waals surface area contributed by atoms with Gasteiger partial charge in [0.2, 0.25) is 0 Å². The van der Waals surface area contributed by atoms with E-state index in [0.29, 0.717) is 24.7 Å². The van der Waals surface area contributed by atoms with Crippen molar-refractivity contribution >= 4 is 11.6 Å². The largest absolute Gasteiger partial charge is 0.489 e. The Morgan fingerprint density at radius 2 is 1.80 bits per heavy atom. The molecule has 0 saturated carbocycles. The molecule has 4 nitrogen and oxygen atoms in total. The van der Waals surface area contributed by atoms with Crippen LogP contribution in [-0.4, -0.2) is 31.3 Å². The van der Waals surface area contributed by atoms with Gasteiger partial charge in [0, 0.05) is 24.2 Å². The van der Waals surface area contributed by atoms with E-state index in [0.717, 1.165) is 36.4 Å². The van der Waals surface area contributed by atoms with Gasteiger partial charge in [0.25, 0.3) is 0 Å². The number of hydrogen-bond donors (Lipinski definition) is 3. The van der Waals surface area contributed by atoms with Gasteiger partial charge in [-0.15, -0.1) is 0 Å². The second-order valence-electron chi connectivity index (χ2n) is 5.64. The van der Waals surface area contributed by atoms with E-state index in [1.807, 2.05) is 24.3 Å². The zero-order valence-electron chi connectivity index (χ0n) is 14.1. The number of aliphatic hydroxyl groups excluding tert-OH is 1. The van der Waals surface area contributed by atoms with Crippen LogP contribution in [0, 0.1) is 5.82 Å². The lowest BCUT2D eigenvalue weighted by Gasteiger charge is -2.13. The third kappa shape index (κ3) is 7.00. The van der Waals surface area contributed by atoms with E-state index in [2.05, 4.69) is 10.6 Å². The number of halogens is 2. The van der Waals surface area contributed by atoms with E-state index in [1.165, 1.54) is 12.1 Å². The van der Waals surface area contributed by atoms with E-state index >= 15 is 0 Å². The van der Waals surface area contributed by atoms with Crippen molar-refractivity contribution in [2.45, 2.75) is 19.6 Å². The highest BCUT2D eigenvalue weighted by Gasteiger charge is 2.06. The molecular weight excluding hydrogens is 343 g/mol. The van der Waals surface area contributed by atoms with Gasteiger partial charge in [-0.3, -0.25) is 0 Å². The zero-order valence-corrected chi connectivity index (χ0v) is 14.9. The highest BCUT2D eigenvalue weighted by molar-refractivity contribution is 6.31. The van der Waals surface area contributed by atoms with Gasteiger partial charge in [-0.05, 0) is 37.7 Å². The van der Waals surface area contributed by atoms with Crippen molar-refractivity contribution in [3.63, 3.8) is 0 Å². The van der Waals surface area contributed by atoms with Crippen LogP contribution in [0.3, 0.4) is 0 Å². The molecule has 0 aliphatic heterocycles. The summed E-state index contributed by atoms with van der Waals surface area (Å²) in [5.74, 6) is 0.431. The molecule has 0 aliphatic rings. The Morgan fingerprint density at radius 3 is 2.60 bits per heavy atom. The van der Waals surface area contributed by atoms with Crippen molar-refractivity contribution in [2.75, 3.05) is 26.2 Å². The second-order valence-corrected chi connectivity index (χ2v) is 6.04. The third-order valence-electron chi connectivity index (χ3n) is 3.68. The molecular formula is C19H24ClFN2O2. The maximum atomic E-state index is 13.1. The summed E-state index contributed by atoms with van der Waals surface area (Å²) in [5.41, 5.74) is 1.81. The average Bonchev–Trinajstić information content (AvgIpc) is 2.61. The predicted octanol–water partition coefficient (Wildman–Crippen LogP) is 3.12. The van der Waals surface area contributed by atoms with Gasteiger partial charge in [-0.25, -0.2) is 4.39 Å². The van der Waals surface area contributed by atoms with E-state index in [1.54, 1.807) is 6.07 Å². The molecule has 0 spiro atoms. The number of para-hydroxylation sites is 1. The van der Waals surface area contributed by atoms with E-state index in [-0.39, 0.29) is 12.4 Å². The summed E-state index contributed by atoms with van der Waals surface area (Å²) in [7, 11) is 0. The predicted molar refractivity (Wildman–Crippen MR) is 98.5 cm³/mol. The van der Waals surface area contributed by atoms with E-state index in [9.17, 15) is 4.39 Å². The summed E-state index contributed by atoms with van der Waals surface area (Å²) < 4.78 is 19.0. The van der Waals surface area contributed by atoms with E-state index in [4.69, 9.17) is 21.4 Å². The standard InChI is InChI=1S/C19H24ClFN2O2/c20-18-12-17(21)7-6-16(18)14-25-19-5-2-1-4-15(19)13-23-9-3-8-22-10-11-24/h1-2,4-7,12,22-24H,3,8-11,13-14H2. The summed E-state index contributed by atoms with van der Waals surface area (Å²) in [5, 5.41) is 15.6. The fourth-order valence-electron chi connectivity index (χ4n) is 2.35. The smallest absolute Gasteiger partial charge is 0.124 e. The molecule has 0 heterocycles. The van der Waals surface area contributed by atoms with Crippen molar-refractivity contribution < 1.29 is 14.2 Å². The molecule has 25 heavy (non-hydrogen) atoms. The first-order valence-electron chi connectivity index (χ1n) is 8.37. The number of aliphatic hydroxyl groups is 1. The number of hydrogen-bond acceptors (Lipinski definition) is 4. The van der Waals surface area contributed by atoms with Crippen molar-refractivity contribution in [3.05, 3.63) is 64.4 Å². The van der Waals surface area contributed by atoms with Crippen LogP contribution in [-0.2, 0) is 13.2 Å². The summed E-state index contributed by atoms with van der Waals surface area (Å²) >= 11 is 6.04. The van der Waals surface area contributed by atoms with Gasteiger partial charge < -0.3 is 20.5 Å². The Morgan fingerprint density at radius 1 is 1.00 bits per heavy atom. The van der Waals surface area contributed by atoms with Crippen LogP contribution in [0.4, 0.5) is 4.39 Å². The zero-order chi connectivity index (χ0) is 17.9. The van der Waals surface area contributed by atoms with Crippen LogP contribution in [0.2, 0.25) is 5.02 Å². The van der Waals surface area contributed by atoms with Crippen LogP contribution >= 0.6 is 11.6 Å². The van der Waals surface area contributed by atoms with E-state index < -0.39 is 0 Å². The Bertz CT molecular complexity index is 655. The molecule has 0 saturated heterocycles. The highest BCUT2D eigenvalue weighted by Crippen LogP contribution is 2.22. The summed E-state index contributed by atoms with van der Waals surface area (Å²) in [6, 6.07) is 12.1. The fourth-order valence-corrected chi connectivity index (χ4v) is 2.57. The summed E-state index contributed by atoms with van der Waals surface area (Å²) in [6.07, 6.45) is 0.980. The molecule has 3 N–H and O–H groups in total. The SMILES string of the molecule is OCCNCCCNCc1ccccc1OCc1ccc(F)cc1Cl. The monoisotopic (exact) mass is 366 g/mol. The molecule has 2 aromatic rings. The molecule has 0 fully saturated rings. The molecule has 0 radical (unpaired) electrons. The first-order chi connectivity index (χ1) is 12.2. The highest BCUT2D eigenvalue weighted by atomic mass is 35.5. The Labute approximate surface area is 153 Å². The van der Waals surface area contributed by atoms with Crippen molar-refractivity contribution in [1.82, 2.24) is 10.6 Å². The first kappa shape index (κ1) is 19.7. The molecule has 0 atom stereocenters. The van der Waals surface area contributed by atoms with Gasteiger partial charge >= 0.3 is 0 Å². The topological polar surface area (TPSA) is 53.5 Å². The molecule has 0 aliphatic carbocycles. The number of benzene rings is 2. The van der Waals surface area contributed by atoms with Crippen LogP contribution in [0.25, 0.3) is 0 Å². The Balaban J connectivity index is 1.81. The minimum absolute atomic E-state index is 0.163. The number of nitrogens with one attached hydrogen (secondary N) is 2. The number of rotatable bonds is 11. The van der Waals surface area contributed by atoms with Crippen LogP contribution < -0.4 is 15.4 Å². The van der Waals surface area contributed by atoms with Crippen LogP contribution in [0.15, 0.2) is 42.5 Å². The third-order valence-corrected chi connectivity index (χ3v) is 4.03. The molecule has 0 amide bonds. The maximum absolute atomic E-state index is 13.1. The van der Waals surface area contributed by atoms with Gasteiger partial charge in [0.05, 0.1) is 11.6 Å². The quantitative estimate of drug-likeness (QED) is 0.535. The first-order valence-corrected chi connectivity index (χ1v) is 8.75. The molecule has 0 bridgehead atoms. The van der Waals surface area contributed by atoms with Gasteiger partial charge in [0.1, 0.15) is 18.2 Å². The molecule has 2 aromatic carbocycles. The lowest BCUT2D eigenvalue weighted by Crippen LogP contribution is -2.24. The lowest BCUT2D eigenvalue weighted by atomic mass is 10.2. The minimum atomic E-state index is -0.355. The van der Waals surface area contributed by atoms with Crippen LogP contribution in [0.5, 0.6) is 5.75 Å². The number of ether oxygens (including phenoxy) is 1. The maximum Gasteiger partial charge on any atom is 0.124 e. The summed E-state index contributed by atoms with van der Waals surface area (Å²) in [4.78, 5) is 0. The van der Waals surface area contributed by atoms with Gasteiger partial charge in [-0.1, -0.05) is 35.9 Å². The minimum Gasteiger partial charge on any atom is -0.489 e. The van der Waals surface area contributed by atoms with Crippen molar-refractivity contribution in [3.8, 4) is 5.75 Å². The van der Waals surface area contributed by atoms with Gasteiger partial charge in [-0.2, -0.15) is 0 Å². The molecule has 0 aromatic heterocycles. The summed E-state index contributed by atoms with van der Waals surface area (Å²) in [6.45, 7) is 3.53. The normalized spacial score (nSPS) is 10.8. The molecule has 0 unspecified atom stereocenters. The molecule has 2 rings (SSSR count). The van der Waals surface area contributed by atoms with Crippen LogP contribution in [0.1, 0.15) is 17.5 Å². The van der Waals surface area contributed by atoms with Gasteiger partial charge in [0.15, 0.2) is 0 Å². The molecule has 136 valence electrons.